The third kappa shape index (κ3) is 5.73. The Balaban J connectivity index is 2.32. The van der Waals surface area contributed by atoms with Gasteiger partial charge in [0.1, 0.15) is 5.75 Å². The van der Waals surface area contributed by atoms with E-state index >= 15 is 0 Å². The van der Waals surface area contributed by atoms with E-state index in [1.807, 2.05) is 0 Å². The van der Waals surface area contributed by atoms with Gasteiger partial charge in [-0.15, -0.1) is 0 Å². The molecule has 13 heteroatoms. The van der Waals surface area contributed by atoms with Gasteiger partial charge in [-0.3, -0.25) is 4.79 Å². The molecule has 1 heterocycles. The molecule has 0 radical (unpaired) electrons. The number of hydrogen-bond acceptors (Lipinski definition) is 5. The number of carbonyl (C=O) groups excluding carboxylic acids is 1. The monoisotopic (exact) mass is 420 g/mol. The molecule has 0 aromatic heterocycles. The van der Waals surface area contributed by atoms with E-state index in [1.54, 1.807) is 4.72 Å². The maximum absolute atomic E-state index is 13.2. The van der Waals surface area contributed by atoms with E-state index in [1.165, 1.54) is 0 Å². The SMILES string of the molecule is O=C(NS(=O)(=O)c1ccc(OCC(F)(F)F)cc1C(F)(F)F)C1CCCN1. The number of hydrogen-bond donors (Lipinski definition) is 2. The van der Waals surface area contributed by atoms with E-state index in [-0.39, 0.29) is 6.07 Å². The number of halogens is 6. The average molecular weight is 420 g/mol. The third-order valence-corrected chi connectivity index (χ3v) is 4.97. The van der Waals surface area contributed by atoms with Crippen molar-refractivity contribution in [3.8, 4) is 5.75 Å². The summed E-state index contributed by atoms with van der Waals surface area (Å²) in [6.07, 6.45) is -9.09. The van der Waals surface area contributed by atoms with Crippen molar-refractivity contribution in [1.29, 1.82) is 0 Å². The van der Waals surface area contributed by atoms with Gasteiger partial charge in [-0.05, 0) is 37.6 Å². The van der Waals surface area contributed by atoms with Gasteiger partial charge in [-0.25, -0.2) is 13.1 Å². The van der Waals surface area contributed by atoms with Gasteiger partial charge >= 0.3 is 12.4 Å². The van der Waals surface area contributed by atoms with Crippen LogP contribution in [0.2, 0.25) is 0 Å². The minimum Gasteiger partial charge on any atom is -0.484 e. The second-order valence-corrected chi connectivity index (χ2v) is 7.33. The summed E-state index contributed by atoms with van der Waals surface area (Å²) in [5, 5.41) is 2.69. The summed E-state index contributed by atoms with van der Waals surface area (Å²) in [7, 11) is -4.91. The van der Waals surface area contributed by atoms with E-state index in [0.29, 0.717) is 31.5 Å². The molecule has 1 atom stereocenters. The van der Waals surface area contributed by atoms with Crippen molar-refractivity contribution < 1.29 is 44.3 Å². The summed E-state index contributed by atoms with van der Waals surface area (Å²) in [4.78, 5) is 10.6. The molecule has 152 valence electrons. The Kier molecular flexibility index (Phi) is 5.94. The zero-order chi connectivity index (χ0) is 20.5. The van der Waals surface area contributed by atoms with E-state index in [0.717, 1.165) is 0 Å². The van der Waals surface area contributed by atoms with Gasteiger partial charge in [-0.2, -0.15) is 26.3 Å². The minimum atomic E-state index is -5.21. The van der Waals surface area contributed by atoms with Crippen LogP contribution in [0.25, 0.3) is 0 Å². The first-order valence-corrected chi connectivity index (χ1v) is 8.99. The predicted octanol–water partition coefficient (Wildman–Crippen LogP) is 2.20. The molecular weight excluding hydrogens is 406 g/mol. The first-order chi connectivity index (χ1) is 12.3. The normalized spacial score (nSPS) is 18.4. The number of amides is 1. The summed E-state index contributed by atoms with van der Waals surface area (Å²) in [5.74, 6) is -1.83. The molecule has 2 rings (SSSR count). The van der Waals surface area contributed by atoms with E-state index in [2.05, 4.69) is 10.1 Å². The number of ether oxygens (including phenoxy) is 1. The van der Waals surface area contributed by atoms with E-state index in [9.17, 15) is 39.6 Å². The number of rotatable bonds is 5. The largest absolute Gasteiger partial charge is 0.484 e. The second-order valence-electron chi connectivity index (χ2n) is 5.68. The van der Waals surface area contributed by atoms with Crippen LogP contribution in [0.3, 0.4) is 0 Å². The molecule has 0 spiro atoms. The van der Waals surface area contributed by atoms with Crippen molar-refractivity contribution in [3.05, 3.63) is 23.8 Å². The number of sulfonamides is 1. The van der Waals surface area contributed by atoms with Gasteiger partial charge in [0.2, 0.25) is 0 Å². The molecule has 0 saturated carbocycles. The van der Waals surface area contributed by atoms with Crippen LogP contribution in [0.1, 0.15) is 18.4 Å². The molecule has 1 amide bonds. The number of alkyl halides is 6. The lowest BCUT2D eigenvalue weighted by atomic mass is 10.2. The van der Waals surface area contributed by atoms with Gasteiger partial charge < -0.3 is 10.1 Å². The first kappa shape index (κ1) is 21.3. The van der Waals surface area contributed by atoms with E-state index in [4.69, 9.17) is 0 Å². The highest BCUT2D eigenvalue weighted by Crippen LogP contribution is 2.36. The summed E-state index contributed by atoms with van der Waals surface area (Å²) in [6, 6.07) is 0.363. The fraction of sp³-hybridized carbons (Fsp3) is 0.500. The molecule has 0 bridgehead atoms. The Morgan fingerprint density at radius 2 is 1.89 bits per heavy atom. The highest BCUT2D eigenvalue weighted by Gasteiger charge is 2.39. The highest BCUT2D eigenvalue weighted by molar-refractivity contribution is 7.90. The number of carbonyl (C=O) groups is 1. The lowest BCUT2D eigenvalue weighted by Gasteiger charge is -2.17. The van der Waals surface area contributed by atoms with Crippen LogP contribution in [-0.4, -0.2) is 39.7 Å². The minimum absolute atomic E-state index is 0.137. The van der Waals surface area contributed by atoms with Crippen LogP contribution in [0.4, 0.5) is 26.3 Å². The fourth-order valence-corrected chi connectivity index (χ4v) is 3.62. The molecule has 1 aromatic carbocycles. The summed E-state index contributed by atoms with van der Waals surface area (Å²) in [6.45, 7) is -1.39. The molecule has 1 aliphatic rings. The smallest absolute Gasteiger partial charge is 0.422 e. The summed E-state index contributed by atoms with van der Waals surface area (Å²) >= 11 is 0. The molecule has 1 aliphatic heterocycles. The maximum Gasteiger partial charge on any atom is 0.422 e. The molecule has 2 N–H and O–H groups in total. The van der Waals surface area contributed by atoms with Gasteiger partial charge in [-0.1, -0.05) is 0 Å². The van der Waals surface area contributed by atoms with Crippen molar-refractivity contribution in [2.24, 2.45) is 0 Å². The Hall–Kier alpha value is -2.02. The molecular formula is C14H14F6N2O4S. The van der Waals surface area contributed by atoms with Crippen LogP contribution in [-0.2, 0) is 21.0 Å². The van der Waals surface area contributed by atoms with Crippen LogP contribution >= 0.6 is 0 Å². The second kappa shape index (κ2) is 7.54. The fourth-order valence-electron chi connectivity index (χ4n) is 2.39. The first-order valence-electron chi connectivity index (χ1n) is 7.50. The Morgan fingerprint density at radius 1 is 1.22 bits per heavy atom. The summed E-state index contributed by atoms with van der Waals surface area (Å²) in [5.41, 5.74) is -1.75. The number of nitrogens with one attached hydrogen (secondary N) is 2. The molecule has 0 aliphatic carbocycles. The average Bonchev–Trinajstić information content (AvgIpc) is 3.05. The van der Waals surface area contributed by atoms with Crippen molar-refractivity contribution in [2.75, 3.05) is 13.2 Å². The van der Waals surface area contributed by atoms with Crippen LogP contribution in [0, 0.1) is 0 Å². The van der Waals surface area contributed by atoms with Crippen molar-refractivity contribution >= 4 is 15.9 Å². The molecule has 1 unspecified atom stereocenters. The van der Waals surface area contributed by atoms with Crippen molar-refractivity contribution in [2.45, 2.75) is 36.1 Å². The highest BCUT2D eigenvalue weighted by atomic mass is 32.2. The summed E-state index contributed by atoms with van der Waals surface area (Å²) < 4.78 is 106. The van der Waals surface area contributed by atoms with E-state index < -0.39 is 57.1 Å². The Morgan fingerprint density at radius 3 is 2.41 bits per heavy atom. The zero-order valence-corrected chi connectivity index (χ0v) is 14.3. The van der Waals surface area contributed by atoms with Crippen LogP contribution in [0.15, 0.2) is 23.1 Å². The lowest BCUT2D eigenvalue weighted by molar-refractivity contribution is -0.153. The van der Waals surface area contributed by atoms with Crippen LogP contribution in [0.5, 0.6) is 5.75 Å². The standard InChI is InChI=1S/C14H14F6N2O4S/c15-13(16,17)7-26-8-3-4-11(9(6-8)14(18,19)20)27(24,25)22-12(23)10-2-1-5-21-10/h3-4,6,10,21H,1-2,5,7H2,(H,22,23). The molecule has 6 nitrogen and oxygen atoms in total. The topological polar surface area (TPSA) is 84.5 Å². The predicted molar refractivity (Wildman–Crippen MR) is 79.3 cm³/mol. The van der Waals surface area contributed by atoms with Crippen molar-refractivity contribution in [1.82, 2.24) is 10.0 Å². The van der Waals surface area contributed by atoms with Gasteiger partial charge in [0.25, 0.3) is 15.9 Å². The Bertz CT molecular complexity index is 801. The number of benzene rings is 1. The van der Waals surface area contributed by atoms with Gasteiger partial charge in [0, 0.05) is 0 Å². The zero-order valence-electron chi connectivity index (χ0n) is 13.4. The quantitative estimate of drug-likeness (QED) is 0.714. The van der Waals surface area contributed by atoms with Crippen molar-refractivity contribution in [3.63, 3.8) is 0 Å². The third-order valence-electron chi connectivity index (χ3n) is 3.56. The van der Waals surface area contributed by atoms with Gasteiger partial charge in [0.15, 0.2) is 6.61 Å². The molecule has 27 heavy (non-hydrogen) atoms. The molecule has 1 saturated heterocycles. The van der Waals surface area contributed by atoms with Crippen LogP contribution < -0.4 is 14.8 Å². The Labute approximate surface area is 149 Å². The molecule has 1 aromatic rings. The van der Waals surface area contributed by atoms with Gasteiger partial charge in [0.05, 0.1) is 16.5 Å². The lowest BCUT2D eigenvalue weighted by Crippen LogP contribution is -2.43. The maximum atomic E-state index is 13.2. The molecule has 1 fully saturated rings.